The third-order valence-corrected chi connectivity index (χ3v) is 7.39. The molecule has 0 spiro atoms. The van der Waals surface area contributed by atoms with Crippen molar-refractivity contribution in [3.63, 3.8) is 0 Å². The van der Waals surface area contributed by atoms with Gasteiger partial charge in [-0.25, -0.2) is 4.98 Å². The quantitative estimate of drug-likeness (QED) is 0.183. The summed E-state index contributed by atoms with van der Waals surface area (Å²) in [5, 5.41) is 11.8. The van der Waals surface area contributed by atoms with Crippen molar-refractivity contribution >= 4 is 44.1 Å². The Labute approximate surface area is 225 Å². The topological polar surface area (TPSA) is 92.6 Å². The number of hydrogen-bond donors (Lipinski definition) is 1. The maximum atomic E-state index is 13.5. The van der Waals surface area contributed by atoms with E-state index >= 15 is 0 Å². The Balaban J connectivity index is 1.67. The Morgan fingerprint density at radius 2 is 1.87 bits per heavy atom. The van der Waals surface area contributed by atoms with Crippen molar-refractivity contribution < 1.29 is 19.4 Å². The van der Waals surface area contributed by atoms with E-state index in [1.807, 2.05) is 26.0 Å². The third kappa shape index (κ3) is 4.67. The molecule has 38 heavy (non-hydrogen) atoms. The molecule has 1 aliphatic rings. The molecule has 2 aromatic carbocycles. The van der Waals surface area contributed by atoms with E-state index in [0.29, 0.717) is 22.0 Å². The van der Waals surface area contributed by atoms with Crippen LogP contribution in [-0.4, -0.2) is 32.9 Å². The molecule has 1 atom stereocenters. The number of ketones is 1. The molecule has 8 heteroatoms. The smallest absolute Gasteiger partial charge is 0.301 e. The molecule has 7 nitrogen and oxygen atoms in total. The van der Waals surface area contributed by atoms with Crippen LogP contribution in [0.3, 0.4) is 0 Å². The van der Waals surface area contributed by atoms with Crippen molar-refractivity contribution in [2.24, 2.45) is 0 Å². The lowest BCUT2D eigenvalue weighted by atomic mass is 9.87. The Bertz CT molecular complexity index is 1570. The number of Topliss-reactive ketones (excluding diaryl/α,β-unsaturated/α-hetero) is 1. The fourth-order valence-corrected chi connectivity index (χ4v) is 5.54. The molecule has 2 aromatic heterocycles. The largest absolute Gasteiger partial charge is 0.507 e. The number of rotatable bonds is 5. The van der Waals surface area contributed by atoms with Crippen molar-refractivity contribution in [1.82, 2.24) is 9.97 Å². The highest BCUT2D eigenvalue weighted by Gasteiger charge is 2.48. The van der Waals surface area contributed by atoms with Gasteiger partial charge in [0.05, 0.1) is 27.9 Å². The average Bonchev–Trinajstić information content (AvgIpc) is 3.41. The van der Waals surface area contributed by atoms with Gasteiger partial charge in [-0.05, 0) is 60.7 Å². The molecular weight excluding hydrogens is 498 g/mol. The second-order valence-corrected chi connectivity index (χ2v) is 11.6. The fraction of sp³-hybridized carbons (Fsp3) is 0.267. The number of nitrogens with zero attached hydrogens (tertiary/aromatic N) is 3. The molecule has 1 fully saturated rings. The highest BCUT2D eigenvalue weighted by molar-refractivity contribution is 7.22. The molecule has 0 bridgehead atoms. The van der Waals surface area contributed by atoms with Crippen LogP contribution in [0.15, 0.2) is 72.6 Å². The fourth-order valence-electron chi connectivity index (χ4n) is 4.51. The summed E-state index contributed by atoms with van der Waals surface area (Å²) in [6.45, 7) is 10.2. The Morgan fingerprint density at radius 3 is 2.55 bits per heavy atom. The summed E-state index contributed by atoms with van der Waals surface area (Å²) < 4.78 is 6.68. The van der Waals surface area contributed by atoms with Gasteiger partial charge in [0.15, 0.2) is 5.13 Å². The van der Waals surface area contributed by atoms with Crippen LogP contribution in [0.4, 0.5) is 5.13 Å². The van der Waals surface area contributed by atoms with Crippen molar-refractivity contribution in [3.05, 3.63) is 89.3 Å². The summed E-state index contributed by atoms with van der Waals surface area (Å²) in [6.07, 6.45) is 3.15. The predicted molar refractivity (Wildman–Crippen MR) is 150 cm³/mol. The first-order valence-electron chi connectivity index (χ1n) is 12.4. The van der Waals surface area contributed by atoms with Crippen LogP contribution in [0, 0.1) is 0 Å². The summed E-state index contributed by atoms with van der Waals surface area (Å²) in [6, 6.07) is 15.5. The Kier molecular flexibility index (Phi) is 6.53. The number of aliphatic hydroxyl groups excluding tert-OH is 1. The van der Waals surface area contributed by atoms with Crippen molar-refractivity contribution in [3.8, 4) is 5.75 Å². The van der Waals surface area contributed by atoms with E-state index in [2.05, 4.69) is 31.8 Å². The molecule has 0 radical (unpaired) electrons. The minimum absolute atomic E-state index is 0.0145. The SMILES string of the molecule is CC(C)Oc1cccc(/C(O)=C2\C(=O)C(=O)N(c3nc4ccc(C(C)(C)C)cc4s3)C2c2cccnc2)c1. The maximum Gasteiger partial charge on any atom is 0.301 e. The van der Waals surface area contributed by atoms with Gasteiger partial charge in [0.2, 0.25) is 0 Å². The molecule has 1 amide bonds. The number of pyridine rings is 1. The van der Waals surface area contributed by atoms with Crippen molar-refractivity contribution in [2.45, 2.75) is 52.2 Å². The van der Waals surface area contributed by atoms with Gasteiger partial charge in [-0.3, -0.25) is 19.5 Å². The molecule has 194 valence electrons. The average molecular weight is 528 g/mol. The van der Waals surface area contributed by atoms with Crippen LogP contribution in [0.2, 0.25) is 0 Å². The number of ether oxygens (including phenoxy) is 1. The number of aliphatic hydroxyl groups is 1. The van der Waals surface area contributed by atoms with Gasteiger partial charge >= 0.3 is 5.91 Å². The first kappa shape index (κ1) is 25.6. The number of hydrogen-bond acceptors (Lipinski definition) is 7. The second kappa shape index (κ2) is 9.68. The minimum Gasteiger partial charge on any atom is -0.507 e. The van der Waals surface area contributed by atoms with Gasteiger partial charge in [-0.1, -0.05) is 56.4 Å². The van der Waals surface area contributed by atoms with Gasteiger partial charge in [0.25, 0.3) is 5.78 Å². The lowest BCUT2D eigenvalue weighted by molar-refractivity contribution is -0.132. The number of carbonyl (C=O) groups excluding carboxylic acids is 2. The number of amides is 1. The molecular formula is C30H29N3O4S. The summed E-state index contributed by atoms with van der Waals surface area (Å²) in [7, 11) is 0. The zero-order chi connectivity index (χ0) is 27.2. The summed E-state index contributed by atoms with van der Waals surface area (Å²) >= 11 is 1.34. The van der Waals surface area contributed by atoms with E-state index in [9.17, 15) is 14.7 Å². The number of carbonyl (C=O) groups is 2. The van der Waals surface area contributed by atoms with Gasteiger partial charge in [0, 0.05) is 18.0 Å². The van der Waals surface area contributed by atoms with Crippen LogP contribution in [0.5, 0.6) is 5.75 Å². The van der Waals surface area contributed by atoms with Gasteiger partial charge in [0.1, 0.15) is 11.5 Å². The molecule has 1 saturated heterocycles. The van der Waals surface area contributed by atoms with E-state index < -0.39 is 17.7 Å². The highest BCUT2D eigenvalue weighted by Crippen LogP contribution is 2.44. The zero-order valence-corrected chi connectivity index (χ0v) is 22.7. The van der Waals surface area contributed by atoms with Gasteiger partial charge in [-0.2, -0.15) is 0 Å². The van der Waals surface area contributed by atoms with Crippen molar-refractivity contribution in [1.29, 1.82) is 0 Å². The monoisotopic (exact) mass is 527 g/mol. The van der Waals surface area contributed by atoms with Gasteiger partial charge < -0.3 is 9.84 Å². The maximum absolute atomic E-state index is 13.5. The standard InChI is InChI=1S/C30H29N3O4S/c1-17(2)37-21-10-6-8-18(14-21)26(34)24-25(19-9-7-13-31-16-19)33(28(36)27(24)35)29-32-22-12-11-20(30(3,4)5)15-23(22)38-29/h6-17,25,34H,1-5H3/b26-24+. The van der Waals surface area contributed by atoms with Crippen LogP contribution in [0.1, 0.15) is 57.4 Å². The summed E-state index contributed by atoms with van der Waals surface area (Å²) in [5.41, 5.74) is 2.80. The molecule has 1 N–H and O–H groups in total. The van der Waals surface area contributed by atoms with E-state index in [1.165, 1.54) is 16.2 Å². The Hall–Kier alpha value is -4.04. The zero-order valence-electron chi connectivity index (χ0n) is 21.9. The minimum atomic E-state index is -0.888. The van der Waals surface area contributed by atoms with Crippen molar-refractivity contribution in [2.75, 3.05) is 4.90 Å². The van der Waals surface area contributed by atoms with E-state index in [4.69, 9.17) is 9.72 Å². The second-order valence-electron chi connectivity index (χ2n) is 10.6. The first-order valence-corrected chi connectivity index (χ1v) is 13.3. The predicted octanol–water partition coefficient (Wildman–Crippen LogP) is 6.40. The highest BCUT2D eigenvalue weighted by atomic mass is 32.1. The van der Waals surface area contributed by atoms with Crippen LogP contribution in [-0.2, 0) is 15.0 Å². The van der Waals surface area contributed by atoms with E-state index in [-0.39, 0.29) is 22.9 Å². The molecule has 5 rings (SSSR count). The number of benzene rings is 2. The van der Waals surface area contributed by atoms with Crippen LogP contribution >= 0.6 is 11.3 Å². The first-order chi connectivity index (χ1) is 18.0. The molecule has 4 aromatic rings. The van der Waals surface area contributed by atoms with E-state index in [0.717, 1.165) is 15.8 Å². The molecule has 3 heterocycles. The summed E-state index contributed by atoms with van der Waals surface area (Å²) in [4.78, 5) is 37.3. The lowest BCUT2D eigenvalue weighted by Crippen LogP contribution is -2.29. The number of anilines is 1. The molecule has 1 aliphatic heterocycles. The molecule has 1 unspecified atom stereocenters. The van der Waals surface area contributed by atoms with Crippen LogP contribution in [0.25, 0.3) is 16.0 Å². The number of fused-ring (bicyclic) bond motifs is 1. The molecule has 0 aliphatic carbocycles. The number of aromatic nitrogens is 2. The molecule has 0 saturated carbocycles. The number of thiazole rings is 1. The lowest BCUT2D eigenvalue weighted by Gasteiger charge is -2.22. The van der Waals surface area contributed by atoms with E-state index in [1.54, 1.807) is 48.8 Å². The third-order valence-electron chi connectivity index (χ3n) is 6.37. The van der Waals surface area contributed by atoms with Gasteiger partial charge in [-0.15, -0.1) is 0 Å². The van der Waals surface area contributed by atoms with Crippen LogP contribution < -0.4 is 9.64 Å². The Morgan fingerprint density at radius 1 is 1.08 bits per heavy atom. The normalized spacial score (nSPS) is 17.5. The summed E-state index contributed by atoms with van der Waals surface area (Å²) in [5.74, 6) is -1.24.